The molecule has 0 unspecified atom stereocenters. The molecule has 6 aromatic carbocycles. The van der Waals surface area contributed by atoms with E-state index in [1.54, 1.807) is 0 Å². The largest absolute Gasteiger partial charge is 0.264 e. The number of pyridine rings is 12. The van der Waals surface area contributed by atoms with Crippen LogP contribution in [0, 0.1) is 53.4 Å². The zero-order chi connectivity index (χ0) is 86.4. The van der Waals surface area contributed by atoms with Gasteiger partial charge >= 0.3 is 0 Å². The van der Waals surface area contributed by atoms with Gasteiger partial charge in [0, 0.05) is 124 Å². The molecule has 18 rings (SSSR count). The fraction of sp³-hybridized carbons (Fsp3) is 0.236. The summed E-state index contributed by atoms with van der Waals surface area (Å²) in [7, 11) is 12.5. The molecule has 0 saturated heterocycles. The number of nitrogens with zero attached hydrogens (tertiary/aromatic N) is 12. The molecule has 12 aromatic heterocycles. The van der Waals surface area contributed by atoms with Crippen LogP contribution >= 0.6 is 0 Å². The summed E-state index contributed by atoms with van der Waals surface area (Å²) in [6.07, 6.45) is 28.5. The second-order valence-corrected chi connectivity index (χ2v) is 33.9. The van der Waals surface area contributed by atoms with Crippen LogP contribution in [-0.4, -0.2) is 29.9 Å². The summed E-state index contributed by atoms with van der Waals surface area (Å²) in [4.78, 5) is 27.7. The van der Waals surface area contributed by atoms with E-state index in [-0.39, 0.29) is 0 Å². The number of benzene rings is 6. The van der Waals surface area contributed by atoms with E-state index in [0.29, 0.717) is 23.7 Å². The van der Waals surface area contributed by atoms with Crippen LogP contribution in [0.2, 0.25) is 0 Å². The molecule has 0 aliphatic rings. The zero-order valence-electron chi connectivity index (χ0n) is 75.0. The minimum absolute atomic E-state index is 0.449. The Balaban J connectivity index is 0.000000126. The van der Waals surface area contributed by atoms with E-state index in [1.165, 1.54) is 166 Å². The average molecular weight is 1610 g/mol. The number of hydrogen-bond acceptors (Lipinski definition) is 6. The lowest BCUT2D eigenvalue weighted by atomic mass is 9.99. The lowest BCUT2D eigenvalue weighted by molar-refractivity contribution is -0.659. The van der Waals surface area contributed by atoms with E-state index in [4.69, 9.17) is 15.0 Å². The molecule has 0 fully saturated rings. The van der Waals surface area contributed by atoms with E-state index >= 15 is 0 Å². The van der Waals surface area contributed by atoms with Gasteiger partial charge in [-0.1, -0.05) is 171 Å². The molecule has 12 heterocycles. The van der Waals surface area contributed by atoms with Gasteiger partial charge < -0.3 is 0 Å². The average Bonchev–Trinajstić information content (AvgIpc) is 0.812. The fourth-order valence-electron chi connectivity index (χ4n) is 16.3. The quantitative estimate of drug-likeness (QED) is 0.113. The maximum atomic E-state index is 4.79. The first-order chi connectivity index (χ1) is 58.8. The van der Waals surface area contributed by atoms with Gasteiger partial charge in [-0.3, -0.25) is 15.0 Å². The maximum absolute atomic E-state index is 4.79. The van der Waals surface area contributed by atoms with Crippen molar-refractivity contribution in [1.29, 1.82) is 0 Å². The topological polar surface area (TPSA) is 101 Å². The second kappa shape index (κ2) is 39.3. The van der Waals surface area contributed by atoms with Gasteiger partial charge in [-0.05, 0) is 212 Å². The predicted molar refractivity (Wildman–Crippen MR) is 504 cm³/mol. The van der Waals surface area contributed by atoms with Crippen molar-refractivity contribution in [3.63, 3.8) is 0 Å². The smallest absolute Gasteiger partial charge is 0.239 e. The highest BCUT2D eigenvalue weighted by molar-refractivity contribution is 5.97. The van der Waals surface area contributed by atoms with Gasteiger partial charge in [-0.2, -0.15) is 13.7 Å². The lowest BCUT2D eigenvalue weighted by Crippen LogP contribution is -2.31. The molecule has 612 valence electrons. The Kier molecular flexibility index (Phi) is 27.8. The summed E-state index contributed by atoms with van der Waals surface area (Å²) in [5, 5.41) is 11.0. The van der Waals surface area contributed by atoms with Crippen molar-refractivity contribution in [2.24, 2.45) is 54.1 Å². The van der Waals surface area contributed by atoms with E-state index in [0.717, 1.165) is 35.1 Å². The molecular weight excluding hydrogens is 1490 g/mol. The van der Waals surface area contributed by atoms with E-state index < -0.39 is 0 Å². The molecule has 0 spiro atoms. The van der Waals surface area contributed by atoms with Crippen molar-refractivity contribution in [2.75, 3.05) is 0 Å². The lowest BCUT2D eigenvalue weighted by Gasteiger charge is -2.09. The van der Waals surface area contributed by atoms with Gasteiger partial charge in [0.1, 0.15) is 58.8 Å². The third-order valence-electron chi connectivity index (χ3n) is 22.9. The Bertz CT molecular complexity index is 6370. The van der Waals surface area contributed by atoms with Crippen LogP contribution in [0.3, 0.4) is 0 Å². The number of aromatic nitrogens is 12. The first-order valence-corrected chi connectivity index (χ1v) is 42.7. The molecule has 0 amide bonds. The number of fused-ring (bicyclic) bond motifs is 6. The highest BCUT2D eigenvalue weighted by atomic mass is 15.0. The zero-order valence-corrected chi connectivity index (χ0v) is 75.0. The summed E-state index contributed by atoms with van der Waals surface area (Å²) in [6.45, 7) is 30.6. The highest BCUT2D eigenvalue weighted by Gasteiger charge is 2.25. The Morgan fingerprint density at radius 3 is 1.03 bits per heavy atom. The van der Waals surface area contributed by atoms with Crippen molar-refractivity contribution < 1.29 is 27.4 Å². The molecule has 0 aliphatic heterocycles. The Morgan fingerprint density at radius 2 is 0.615 bits per heavy atom. The summed E-state index contributed by atoms with van der Waals surface area (Å²) >= 11 is 0. The first-order valence-electron chi connectivity index (χ1n) is 42.7. The molecule has 0 atom stereocenters. The van der Waals surface area contributed by atoms with E-state index in [1.807, 2.05) is 49.4 Å². The van der Waals surface area contributed by atoms with Gasteiger partial charge in [0.25, 0.3) is 0 Å². The van der Waals surface area contributed by atoms with Crippen molar-refractivity contribution in [2.45, 2.75) is 122 Å². The monoisotopic (exact) mass is 1610 g/mol. The summed E-state index contributed by atoms with van der Waals surface area (Å²) in [5.74, 6) is 2.22. The van der Waals surface area contributed by atoms with Crippen LogP contribution in [0.1, 0.15) is 123 Å². The van der Waals surface area contributed by atoms with Crippen molar-refractivity contribution in [3.05, 3.63) is 361 Å². The van der Waals surface area contributed by atoms with E-state index in [2.05, 4.69) is 437 Å². The van der Waals surface area contributed by atoms with Crippen LogP contribution in [-0.2, 0) is 55.1 Å². The molecule has 0 saturated carbocycles. The number of aryl methyl sites for hydroxylation is 12. The van der Waals surface area contributed by atoms with Gasteiger partial charge in [0.2, 0.25) is 34.2 Å². The maximum Gasteiger partial charge on any atom is 0.239 e. The van der Waals surface area contributed by atoms with Crippen molar-refractivity contribution in [3.8, 4) is 67.5 Å². The van der Waals surface area contributed by atoms with Gasteiger partial charge in [0.05, 0.1) is 32.8 Å². The molecular formula is C110H118N12+6. The minimum atomic E-state index is 0.449. The second-order valence-electron chi connectivity index (χ2n) is 33.9. The van der Waals surface area contributed by atoms with E-state index in [9.17, 15) is 0 Å². The number of hydrogen-bond donors (Lipinski definition) is 0. The van der Waals surface area contributed by atoms with Crippen LogP contribution in [0.25, 0.3) is 133 Å². The Labute approximate surface area is 722 Å². The van der Waals surface area contributed by atoms with Crippen molar-refractivity contribution in [1.82, 2.24) is 29.9 Å². The molecule has 18 aromatic rings. The molecule has 0 radical (unpaired) electrons. The summed E-state index contributed by atoms with van der Waals surface area (Å²) < 4.78 is 13.0. The molecule has 12 nitrogen and oxygen atoms in total. The molecule has 0 bridgehead atoms. The third-order valence-corrected chi connectivity index (χ3v) is 22.9. The normalized spacial score (nSPS) is 11.1. The van der Waals surface area contributed by atoms with Gasteiger partial charge in [-0.25, -0.2) is 28.7 Å². The van der Waals surface area contributed by atoms with Crippen molar-refractivity contribution >= 4 is 65.0 Å². The summed E-state index contributed by atoms with van der Waals surface area (Å²) in [5.41, 5.74) is 30.6. The SMILES string of the molecule is Cc1ccccc1-c1c2cnc(C(C)C)cc2cc[n+]1C.Cc1ccccc1-c1c2cnc(CC(C)C)cc2cc[n+]1C.Cc1ccccc1-c1c2cnccc2cc[n+]1C.Cc1ccccc1-c1c2ncc(C(C)C)cc2cc[n+]1C.Cc1ccccc1-c1c2ncc(CC(C)C)cc2cc[n+]1C.Cc1ccccc1-c1c2ncccc2cc[n+]1C. The summed E-state index contributed by atoms with van der Waals surface area (Å²) in [6, 6.07) is 78.9. The molecule has 12 heteroatoms. The van der Waals surface area contributed by atoms with Crippen LogP contribution in [0.5, 0.6) is 0 Å². The highest BCUT2D eigenvalue weighted by Crippen LogP contribution is 2.35. The Morgan fingerprint density at radius 1 is 0.262 bits per heavy atom. The van der Waals surface area contributed by atoms with Crippen LogP contribution in [0.4, 0.5) is 0 Å². The Hall–Kier alpha value is -13.3. The molecule has 0 aliphatic carbocycles. The third kappa shape index (κ3) is 19.9. The number of rotatable bonds is 12. The fourth-order valence-corrected chi connectivity index (χ4v) is 16.3. The molecule has 0 N–H and O–H groups in total. The predicted octanol–water partition coefficient (Wildman–Crippen LogP) is 22.9. The minimum Gasteiger partial charge on any atom is -0.264 e. The van der Waals surface area contributed by atoms with Crippen LogP contribution < -0.4 is 27.4 Å². The van der Waals surface area contributed by atoms with Crippen LogP contribution in [0.15, 0.2) is 305 Å². The first kappa shape index (κ1) is 86.5. The standard InChI is InChI=1S/2C20H23N2.2C19H21N2.2C16H15N2/c1-14(2)11-16-12-17-9-10-22(4)20(19(17)21-13-16)18-8-6-5-7-15(18)3;1-14(2)11-17-12-16-9-10-22(4)20(19(16)13-21-17)18-8-6-5-7-15(18)3;1-13(2)16-11-15-9-10-21(4)19(18(15)20-12-16)17-8-6-5-7-14(17)3;1-13(2)18-11-15-9-10-21(4)19(17(15)12-20-18)16-8-6-5-7-14(16)3;1-12-6-3-4-8-14(12)16-15-13(7-5-10-17-15)9-11-18(16)2;1-12-5-3-4-6-14(12)16-15-11-17-9-7-13(15)8-10-18(16)2/h2*5-10,12-14H,11H2,1-4H3;2*5-13H,1-4H3;2*3-11H,1-2H3/q6*+1. The molecule has 122 heavy (non-hydrogen) atoms. The van der Waals surface area contributed by atoms with Gasteiger partial charge in [0.15, 0.2) is 37.2 Å². The van der Waals surface area contributed by atoms with Gasteiger partial charge in [-0.15, -0.1) is 0 Å².